The molecule has 3 heterocycles. The number of carbonyl (C=O) groups excluding carboxylic acids is 2. The summed E-state index contributed by atoms with van der Waals surface area (Å²) in [7, 11) is 0. The van der Waals surface area contributed by atoms with E-state index >= 15 is 0 Å². The first-order valence-corrected chi connectivity index (χ1v) is 11.9. The predicted octanol–water partition coefficient (Wildman–Crippen LogP) is 1.65. The maximum absolute atomic E-state index is 12.9. The van der Waals surface area contributed by atoms with Gasteiger partial charge >= 0.3 is 0 Å². The monoisotopic (exact) mass is 446 g/mol. The van der Waals surface area contributed by atoms with Crippen LogP contribution in [-0.4, -0.2) is 51.5 Å². The van der Waals surface area contributed by atoms with Crippen molar-refractivity contribution in [2.45, 2.75) is 71.0 Å². The first kappa shape index (κ1) is 21.7. The zero-order valence-electron chi connectivity index (χ0n) is 18.1. The van der Waals surface area contributed by atoms with Gasteiger partial charge in [0.25, 0.3) is 5.56 Å². The fourth-order valence-electron chi connectivity index (χ4n) is 4.35. The average Bonchev–Trinajstić information content (AvgIpc) is 3.40. The summed E-state index contributed by atoms with van der Waals surface area (Å²) in [5.41, 5.74) is 0.146. The summed E-state index contributed by atoms with van der Waals surface area (Å²) < 4.78 is 1.80. The molecule has 2 amide bonds. The van der Waals surface area contributed by atoms with Crippen LogP contribution in [0.2, 0.25) is 0 Å². The van der Waals surface area contributed by atoms with Gasteiger partial charge in [-0.15, -0.1) is 0 Å². The number of nitrogens with one attached hydrogen (secondary N) is 2. The van der Waals surface area contributed by atoms with Crippen molar-refractivity contribution < 1.29 is 9.59 Å². The number of carbonyl (C=O) groups is 2. The number of rotatable bonds is 6. The first-order valence-electron chi connectivity index (χ1n) is 11.1. The molecule has 1 aliphatic heterocycles. The highest BCUT2D eigenvalue weighted by molar-refractivity contribution is 7.22. The summed E-state index contributed by atoms with van der Waals surface area (Å²) in [6.07, 6.45) is 7.42. The third-order valence-electron chi connectivity index (χ3n) is 5.90. The van der Waals surface area contributed by atoms with Crippen LogP contribution in [0, 0.1) is 5.92 Å². The van der Waals surface area contributed by atoms with Gasteiger partial charge in [-0.2, -0.15) is 4.98 Å². The molecule has 2 aromatic rings. The molecule has 2 N–H and O–H groups in total. The predicted molar refractivity (Wildman–Crippen MR) is 120 cm³/mol. The largest absolute Gasteiger partial charge is 0.354 e. The number of amides is 2. The Hall–Kier alpha value is -2.49. The van der Waals surface area contributed by atoms with Gasteiger partial charge in [-0.1, -0.05) is 24.2 Å². The third kappa shape index (κ3) is 5.06. The molecule has 31 heavy (non-hydrogen) atoms. The summed E-state index contributed by atoms with van der Waals surface area (Å²) in [5.74, 6) is -0.184. The van der Waals surface area contributed by atoms with Gasteiger partial charge in [0.05, 0.1) is 5.92 Å². The van der Waals surface area contributed by atoms with Crippen molar-refractivity contribution in [3.63, 3.8) is 0 Å². The van der Waals surface area contributed by atoms with Gasteiger partial charge in [-0.05, 0) is 39.5 Å². The Morgan fingerprint density at radius 3 is 2.74 bits per heavy atom. The molecule has 0 aromatic carbocycles. The normalized spacial score (nSPS) is 19.8. The van der Waals surface area contributed by atoms with Crippen LogP contribution in [0.4, 0.5) is 5.13 Å². The molecule has 0 unspecified atom stereocenters. The molecule has 1 saturated heterocycles. The van der Waals surface area contributed by atoms with Gasteiger partial charge in [0.2, 0.25) is 11.8 Å². The number of hydrogen-bond donors (Lipinski definition) is 2. The van der Waals surface area contributed by atoms with Crippen molar-refractivity contribution in [1.29, 1.82) is 0 Å². The van der Waals surface area contributed by atoms with E-state index in [9.17, 15) is 14.4 Å². The third-order valence-corrected chi connectivity index (χ3v) is 6.99. The van der Waals surface area contributed by atoms with Crippen LogP contribution < -0.4 is 21.1 Å². The Labute approximate surface area is 185 Å². The lowest BCUT2D eigenvalue weighted by atomic mass is 9.97. The highest BCUT2D eigenvalue weighted by Crippen LogP contribution is 2.29. The van der Waals surface area contributed by atoms with Gasteiger partial charge in [0, 0.05) is 25.2 Å². The fraction of sp³-hybridized carbons (Fsp3) is 0.667. The minimum atomic E-state index is -0.249. The second-order valence-corrected chi connectivity index (χ2v) is 9.80. The smallest absolute Gasteiger partial charge is 0.273 e. The molecule has 1 atom stereocenters. The molecule has 2 aliphatic rings. The van der Waals surface area contributed by atoms with E-state index in [1.165, 1.54) is 22.2 Å². The van der Waals surface area contributed by atoms with Crippen molar-refractivity contribution >= 4 is 38.6 Å². The summed E-state index contributed by atoms with van der Waals surface area (Å²) in [6.45, 7) is 5.25. The van der Waals surface area contributed by atoms with Crippen LogP contribution in [0.1, 0.15) is 52.4 Å². The van der Waals surface area contributed by atoms with E-state index < -0.39 is 0 Å². The topological polar surface area (TPSA) is 109 Å². The summed E-state index contributed by atoms with van der Waals surface area (Å²) >= 11 is 1.29. The standard InChI is InChI=1S/C21H30N6O3S/c1-13(2)23-19(29)14-6-5-9-26(10-14)21-25-18-17(31-21)20(30)27(12-22-18)11-16(28)24-15-7-3-4-8-15/h12-15H,3-11H2,1-2H3,(H,23,29)(H,24,28)/t14-/m1/s1. The lowest BCUT2D eigenvalue weighted by Gasteiger charge is -2.32. The molecule has 0 radical (unpaired) electrons. The zero-order valence-corrected chi connectivity index (χ0v) is 18.9. The minimum Gasteiger partial charge on any atom is -0.354 e. The number of hydrogen-bond acceptors (Lipinski definition) is 7. The van der Waals surface area contributed by atoms with E-state index in [-0.39, 0.29) is 41.9 Å². The Balaban J connectivity index is 1.47. The molecule has 2 fully saturated rings. The van der Waals surface area contributed by atoms with Gasteiger partial charge in [0.15, 0.2) is 10.8 Å². The molecule has 1 aliphatic carbocycles. The number of nitrogens with zero attached hydrogens (tertiary/aromatic N) is 4. The highest BCUT2D eigenvalue weighted by Gasteiger charge is 2.28. The molecular weight excluding hydrogens is 416 g/mol. The molecule has 2 aromatic heterocycles. The van der Waals surface area contributed by atoms with Crippen molar-refractivity contribution in [1.82, 2.24) is 25.2 Å². The second-order valence-electron chi connectivity index (χ2n) is 8.82. The Morgan fingerprint density at radius 2 is 2.00 bits per heavy atom. The van der Waals surface area contributed by atoms with E-state index in [1.807, 2.05) is 13.8 Å². The zero-order chi connectivity index (χ0) is 22.0. The van der Waals surface area contributed by atoms with Gasteiger partial charge in [0.1, 0.15) is 17.6 Å². The van der Waals surface area contributed by atoms with E-state index in [0.29, 0.717) is 22.0 Å². The lowest BCUT2D eigenvalue weighted by Crippen LogP contribution is -2.44. The number of thiazole rings is 1. The van der Waals surface area contributed by atoms with Crippen LogP contribution in [0.25, 0.3) is 10.3 Å². The van der Waals surface area contributed by atoms with Crippen LogP contribution in [0.3, 0.4) is 0 Å². The quantitative estimate of drug-likeness (QED) is 0.698. The molecule has 9 nitrogen and oxygen atoms in total. The van der Waals surface area contributed by atoms with Crippen molar-refractivity contribution in [2.75, 3.05) is 18.0 Å². The van der Waals surface area contributed by atoms with E-state index in [2.05, 4.69) is 25.5 Å². The molecule has 168 valence electrons. The van der Waals surface area contributed by atoms with Crippen molar-refractivity contribution in [3.05, 3.63) is 16.7 Å². The maximum Gasteiger partial charge on any atom is 0.273 e. The summed E-state index contributed by atoms with van der Waals surface area (Å²) in [6, 6.07) is 0.328. The number of piperidine rings is 1. The summed E-state index contributed by atoms with van der Waals surface area (Å²) in [4.78, 5) is 48.6. The average molecular weight is 447 g/mol. The molecule has 4 rings (SSSR count). The highest BCUT2D eigenvalue weighted by atomic mass is 32.1. The van der Waals surface area contributed by atoms with Gasteiger partial charge in [-0.25, -0.2) is 4.98 Å². The Kier molecular flexibility index (Phi) is 6.54. The van der Waals surface area contributed by atoms with Crippen LogP contribution in [0.5, 0.6) is 0 Å². The SMILES string of the molecule is CC(C)NC(=O)[C@@H]1CCCN(c2nc3ncn(CC(=O)NC4CCCC4)c(=O)c3s2)C1. The van der Waals surface area contributed by atoms with Crippen LogP contribution >= 0.6 is 11.3 Å². The van der Waals surface area contributed by atoms with E-state index in [1.54, 1.807) is 0 Å². The van der Waals surface area contributed by atoms with E-state index in [4.69, 9.17) is 0 Å². The summed E-state index contributed by atoms with van der Waals surface area (Å²) in [5, 5.41) is 6.69. The minimum absolute atomic E-state index is 0.0351. The van der Waals surface area contributed by atoms with Gasteiger partial charge < -0.3 is 15.5 Å². The Morgan fingerprint density at radius 1 is 1.23 bits per heavy atom. The molecular formula is C21H30N6O3S. The maximum atomic E-state index is 12.9. The first-order chi connectivity index (χ1) is 14.9. The second kappa shape index (κ2) is 9.33. The van der Waals surface area contributed by atoms with Crippen LogP contribution in [-0.2, 0) is 16.1 Å². The van der Waals surface area contributed by atoms with Crippen molar-refractivity contribution in [3.8, 4) is 0 Å². The van der Waals surface area contributed by atoms with E-state index in [0.717, 1.165) is 45.1 Å². The van der Waals surface area contributed by atoms with Gasteiger partial charge in [-0.3, -0.25) is 19.0 Å². The van der Waals surface area contributed by atoms with Crippen molar-refractivity contribution in [2.24, 2.45) is 5.92 Å². The number of fused-ring (bicyclic) bond motifs is 1. The molecule has 0 spiro atoms. The molecule has 10 heteroatoms. The molecule has 1 saturated carbocycles. The lowest BCUT2D eigenvalue weighted by molar-refractivity contribution is -0.125. The number of anilines is 1. The Bertz CT molecular complexity index is 1010. The molecule has 0 bridgehead atoms. The number of aromatic nitrogens is 3. The van der Waals surface area contributed by atoms with Crippen LogP contribution in [0.15, 0.2) is 11.1 Å². The fourth-order valence-corrected chi connectivity index (χ4v) is 5.35.